The van der Waals surface area contributed by atoms with Gasteiger partial charge in [0, 0.05) is 7.05 Å². The maximum absolute atomic E-state index is 5.81. The van der Waals surface area contributed by atoms with Gasteiger partial charge in [-0.3, -0.25) is 4.68 Å². The van der Waals surface area contributed by atoms with Crippen molar-refractivity contribution < 1.29 is 4.74 Å². The summed E-state index contributed by atoms with van der Waals surface area (Å²) in [7, 11) is 1.89. The lowest BCUT2D eigenvalue weighted by Crippen LogP contribution is -2.04. The van der Waals surface area contributed by atoms with Crippen molar-refractivity contribution in [1.29, 1.82) is 0 Å². The van der Waals surface area contributed by atoms with Crippen LogP contribution in [0, 0.1) is 6.92 Å². The number of para-hydroxylation sites is 2. The number of aryl methyl sites for hydroxylation is 2. The molecule has 1 aromatic carbocycles. The van der Waals surface area contributed by atoms with Gasteiger partial charge in [-0.05, 0) is 35.0 Å². The Hall–Kier alpha value is -1.49. The van der Waals surface area contributed by atoms with E-state index in [1.165, 1.54) is 0 Å². The third-order valence-corrected chi connectivity index (χ3v) is 3.58. The lowest BCUT2D eigenvalue weighted by Gasteiger charge is -2.09. The second-order valence-electron chi connectivity index (χ2n) is 3.80. The molecule has 17 heavy (non-hydrogen) atoms. The first-order valence-corrected chi connectivity index (χ1v) is 6.04. The minimum absolute atomic E-state index is 0.437. The Labute approximate surface area is 109 Å². The number of nitrogens with two attached hydrogens (primary N) is 1. The summed E-state index contributed by atoms with van der Waals surface area (Å²) in [5, 5.41) is 4.30. The van der Waals surface area contributed by atoms with Gasteiger partial charge >= 0.3 is 0 Å². The Kier molecular flexibility index (Phi) is 3.38. The van der Waals surface area contributed by atoms with E-state index in [0.29, 0.717) is 18.0 Å². The van der Waals surface area contributed by atoms with E-state index in [9.17, 15) is 0 Å². The van der Waals surface area contributed by atoms with Crippen LogP contribution >= 0.6 is 15.9 Å². The number of hydrogen-bond acceptors (Lipinski definition) is 3. The second kappa shape index (κ2) is 4.79. The Bertz CT molecular complexity index is 537. The molecule has 90 valence electrons. The Morgan fingerprint density at radius 2 is 2.12 bits per heavy atom. The highest BCUT2D eigenvalue weighted by Gasteiger charge is 2.11. The van der Waals surface area contributed by atoms with E-state index in [2.05, 4.69) is 21.0 Å². The van der Waals surface area contributed by atoms with Crippen molar-refractivity contribution in [1.82, 2.24) is 9.78 Å². The summed E-state index contributed by atoms with van der Waals surface area (Å²) in [6, 6.07) is 7.45. The second-order valence-corrected chi connectivity index (χ2v) is 4.59. The van der Waals surface area contributed by atoms with Crippen LogP contribution in [0.15, 0.2) is 28.7 Å². The molecule has 1 heterocycles. The Morgan fingerprint density at radius 3 is 2.71 bits per heavy atom. The fraction of sp³-hybridized carbons (Fsp3) is 0.250. The van der Waals surface area contributed by atoms with E-state index in [1.807, 2.05) is 38.2 Å². The molecule has 0 fully saturated rings. The number of ether oxygens (including phenoxy) is 1. The molecule has 4 nitrogen and oxygen atoms in total. The maximum atomic E-state index is 5.81. The van der Waals surface area contributed by atoms with E-state index in [4.69, 9.17) is 10.5 Å². The Morgan fingerprint density at radius 1 is 1.41 bits per heavy atom. The molecule has 0 saturated carbocycles. The molecule has 2 rings (SSSR count). The molecule has 0 bridgehead atoms. The van der Waals surface area contributed by atoms with Crippen molar-refractivity contribution >= 4 is 21.6 Å². The van der Waals surface area contributed by atoms with Gasteiger partial charge in [0.25, 0.3) is 0 Å². The van der Waals surface area contributed by atoms with E-state index in [0.717, 1.165) is 15.9 Å². The number of nitrogens with zero attached hydrogens (tertiary/aromatic N) is 2. The molecule has 0 aliphatic heterocycles. The largest absolute Gasteiger partial charge is 0.485 e. The van der Waals surface area contributed by atoms with Crippen molar-refractivity contribution in [3.8, 4) is 5.75 Å². The van der Waals surface area contributed by atoms with Crippen molar-refractivity contribution in [3.05, 3.63) is 40.1 Å². The van der Waals surface area contributed by atoms with Crippen LogP contribution in [-0.4, -0.2) is 9.78 Å². The maximum Gasteiger partial charge on any atom is 0.142 e. The molecule has 5 heteroatoms. The number of benzene rings is 1. The third kappa shape index (κ3) is 2.44. The van der Waals surface area contributed by atoms with Crippen LogP contribution in [-0.2, 0) is 13.7 Å². The lowest BCUT2D eigenvalue weighted by molar-refractivity contribution is 0.295. The molecule has 1 aromatic heterocycles. The van der Waals surface area contributed by atoms with Crippen LogP contribution < -0.4 is 10.5 Å². The normalized spacial score (nSPS) is 10.5. The first kappa shape index (κ1) is 12.0. The van der Waals surface area contributed by atoms with Gasteiger partial charge in [0.2, 0.25) is 0 Å². The van der Waals surface area contributed by atoms with Crippen molar-refractivity contribution in [2.75, 3.05) is 5.73 Å². The molecule has 0 spiro atoms. The summed E-state index contributed by atoms with van der Waals surface area (Å²) in [6.45, 7) is 2.39. The van der Waals surface area contributed by atoms with Gasteiger partial charge in [-0.2, -0.15) is 5.10 Å². The molecule has 2 N–H and O–H groups in total. The predicted molar refractivity (Wildman–Crippen MR) is 70.8 cm³/mol. The molecular formula is C12H14BrN3O. The summed E-state index contributed by atoms with van der Waals surface area (Å²) in [6.07, 6.45) is 0. The highest BCUT2D eigenvalue weighted by atomic mass is 79.9. The monoisotopic (exact) mass is 295 g/mol. The van der Waals surface area contributed by atoms with E-state index in [1.54, 1.807) is 4.68 Å². The molecule has 0 aliphatic carbocycles. The minimum atomic E-state index is 0.437. The molecule has 0 aliphatic rings. The van der Waals surface area contributed by atoms with Crippen LogP contribution in [0.3, 0.4) is 0 Å². The first-order chi connectivity index (χ1) is 8.09. The molecular weight excluding hydrogens is 282 g/mol. The molecule has 0 amide bonds. The van der Waals surface area contributed by atoms with E-state index in [-0.39, 0.29) is 0 Å². The highest BCUT2D eigenvalue weighted by molar-refractivity contribution is 9.10. The number of halogens is 1. The van der Waals surface area contributed by atoms with E-state index < -0.39 is 0 Å². The van der Waals surface area contributed by atoms with Crippen LogP contribution in [0.5, 0.6) is 5.75 Å². The van der Waals surface area contributed by atoms with Gasteiger partial charge in [-0.1, -0.05) is 12.1 Å². The summed E-state index contributed by atoms with van der Waals surface area (Å²) < 4.78 is 8.47. The zero-order valence-electron chi connectivity index (χ0n) is 9.77. The average Bonchev–Trinajstić information content (AvgIpc) is 2.53. The standard InChI is InChI=1S/C12H14BrN3O/c1-8-12(13)10(16(2)15-8)7-17-11-6-4-3-5-9(11)14/h3-6H,7,14H2,1-2H3. The van der Waals surface area contributed by atoms with Gasteiger partial charge in [0.05, 0.1) is 21.5 Å². The van der Waals surface area contributed by atoms with Crippen LogP contribution in [0.2, 0.25) is 0 Å². The van der Waals surface area contributed by atoms with Gasteiger partial charge in [-0.25, -0.2) is 0 Å². The minimum Gasteiger partial charge on any atom is -0.485 e. The average molecular weight is 296 g/mol. The number of aromatic nitrogens is 2. The fourth-order valence-electron chi connectivity index (χ4n) is 1.59. The van der Waals surface area contributed by atoms with Crippen molar-refractivity contribution in [2.24, 2.45) is 7.05 Å². The van der Waals surface area contributed by atoms with Crippen molar-refractivity contribution in [3.63, 3.8) is 0 Å². The molecule has 0 saturated heterocycles. The summed E-state index contributed by atoms with van der Waals surface area (Å²) in [4.78, 5) is 0. The summed E-state index contributed by atoms with van der Waals surface area (Å²) >= 11 is 3.50. The number of rotatable bonds is 3. The third-order valence-electron chi connectivity index (χ3n) is 2.55. The predicted octanol–water partition coefficient (Wildman–Crippen LogP) is 2.65. The number of anilines is 1. The molecule has 0 radical (unpaired) electrons. The Balaban J connectivity index is 2.15. The highest BCUT2D eigenvalue weighted by Crippen LogP contribution is 2.24. The molecule has 0 unspecified atom stereocenters. The quantitative estimate of drug-likeness (QED) is 0.886. The van der Waals surface area contributed by atoms with Gasteiger partial charge in [0.15, 0.2) is 0 Å². The summed E-state index contributed by atoms with van der Waals surface area (Å²) in [5.41, 5.74) is 8.39. The number of nitrogen functional groups attached to an aromatic ring is 1. The van der Waals surface area contributed by atoms with Gasteiger partial charge in [-0.15, -0.1) is 0 Å². The van der Waals surface area contributed by atoms with Gasteiger partial charge < -0.3 is 10.5 Å². The number of hydrogen-bond donors (Lipinski definition) is 1. The smallest absolute Gasteiger partial charge is 0.142 e. The van der Waals surface area contributed by atoms with E-state index >= 15 is 0 Å². The van der Waals surface area contributed by atoms with Crippen molar-refractivity contribution in [2.45, 2.75) is 13.5 Å². The topological polar surface area (TPSA) is 53.1 Å². The zero-order chi connectivity index (χ0) is 12.4. The molecule has 0 atom stereocenters. The lowest BCUT2D eigenvalue weighted by atomic mass is 10.3. The van der Waals surface area contributed by atoms with Crippen LogP contribution in [0.1, 0.15) is 11.4 Å². The SMILES string of the molecule is Cc1nn(C)c(COc2ccccc2N)c1Br. The summed E-state index contributed by atoms with van der Waals surface area (Å²) in [5.74, 6) is 0.693. The zero-order valence-corrected chi connectivity index (χ0v) is 11.4. The molecule has 2 aromatic rings. The first-order valence-electron chi connectivity index (χ1n) is 5.25. The van der Waals surface area contributed by atoms with Crippen LogP contribution in [0.25, 0.3) is 0 Å². The fourth-order valence-corrected chi connectivity index (χ4v) is 2.05. The van der Waals surface area contributed by atoms with Crippen LogP contribution in [0.4, 0.5) is 5.69 Å². The van der Waals surface area contributed by atoms with Gasteiger partial charge in [0.1, 0.15) is 12.4 Å².